The number of nitro groups is 1. The number of non-ortho nitro benzene ring substituents is 1. The number of anilines is 1. The predicted octanol–water partition coefficient (Wildman–Crippen LogP) is 0.424. The third-order valence-electron chi connectivity index (χ3n) is 5.54. The van der Waals surface area contributed by atoms with Gasteiger partial charge in [0.25, 0.3) is 5.69 Å². The molecule has 0 saturated carbocycles. The van der Waals surface area contributed by atoms with Crippen molar-refractivity contribution in [3.8, 4) is 0 Å². The van der Waals surface area contributed by atoms with Gasteiger partial charge in [-0.3, -0.25) is 10.1 Å². The molecule has 0 aromatic heterocycles. The van der Waals surface area contributed by atoms with E-state index >= 15 is 0 Å². The summed E-state index contributed by atoms with van der Waals surface area (Å²) in [4.78, 5) is 13.5. The third kappa shape index (κ3) is 5.72. The van der Waals surface area contributed by atoms with Gasteiger partial charge in [-0.2, -0.15) is 0 Å². The number of likely N-dealkylation sites (N-methyl/N-ethyl adjacent to an activating group) is 1. The first-order valence-electron chi connectivity index (χ1n) is 9.97. The van der Waals surface area contributed by atoms with Gasteiger partial charge in [0, 0.05) is 23.4 Å². The Morgan fingerprint density at radius 1 is 1.07 bits per heavy atom. The number of hydrogen-bond acceptors (Lipinski definition) is 3. The number of nitro benzene ring substituents is 1. The largest absolute Gasteiger partial charge is 0.354 e. The molecule has 1 fully saturated rings. The second kappa shape index (κ2) is 9.78. The Morgan fingerprint density at radius 2 is 1.69 bits per heavy atom. The number of benzene rings is 2. The van der Waals surface area contributed by atoms with Crippen LogP contribution in [0.25, 0.3) is 0 Å². The van der Waals surface area contributed by atoms with E-state index in [4.69, 9.17) is 12.2 Å². The third-order valence-corrected chi connectivity index (χ3v) is 5.76. The molecule has 0 aliphatic carbocycles. The van der Waals surface area contributed by atoms with Gasteiger partial charge in [-0.1, -0.05) is 30.3 Å². The first-order valence-corrected chi connectivity index (χ1v) is 10.4. The highest BCUT2D eigenvalue weighted by molar-refractivity contribution is 7.80. The maximum absolute atomic E-state index is 10.8. The number of quaternary nitrogens is 2. The standard InChI is InChI=1S/C21H27N5O2S/c1-16(22-21(29)23-18-8-10-19(11-9-18)26(27)28)20(17-6-4-3-5-7-17)25-14-12-24(2)13-15-25/h3-11,16,20H,12-15H2,1-2H3,(H2,22,23,29)/p+2/t16-,20+/m0/s1. The van der Waals surface area contributed by atoms with E-state index in [9.17, 15) is 10.1 Å². The molecule has 7 nitrogen and oxygen atoms in total. The fraction of sp³-hybridized carbons (Fsp3) is 0.381. The highest BCUT2D eigenvalue weighted by Gasteiger charge is 2.33. The lowest BCUT2D eigenvalue weighted by atomic mass is 9.98. The molecule has 29 heavy (non-hydrogen) atoms. The Labute approximate surface area is 176 Å². The zero-order chi connectivity index (χ0) is 20.8. The Hall–Kier alpha value is -2.55. The minimum absolute atomic E-state index is 0.0627. The predicted molar refractivity (Wildman–Crippen MR) is 118 cm³/mol. The van der Waals surface area contributed by atoms with E-state index < -0.39 is 4.92 Å². The van der Waals surface area contributed by atoms with Gasteiger partial charge in [0.05, 0.1) is 18.0 Å². The summed E-state index contributed by atoms with van der Waals surface area (Å²) in [5.74, 6) is 0. The van der Waals surface area contributed by atoms with Crippen molar-refractivity contribution < 1.29 is 14.7 Å². The summed E-state index contributed by atoms with van der Waals surface area (Å²) in [6.45, 7) is 6.74. The van der Waals surface area contributed by atoms with Crippen LogP contribution < -0.4 is 20.4 Å². The average molecular weight is 416 g/mol. The van der Waals surface area contributed by atoms with Crippen LogP contribution >= 0.6 is 12.2 Å². The molecular weight excluding hydrogens is 386 g/mol. The topological polar surface area (TPSA) is 76.1 Å². The van der Waals surface area contributed by atoms with Gasteiger partial charge in [-0.05, 0) is 31.3 Å². The van der Waals surface area contributed by atoms with Crippen LogP contribution in [0, 0.1) is 10.1 Å². The van der Waals surface area contributed by atoms with Crippen molar-refractivity contribution in [3.05, 3.63) is 70.3 Å². The van der Waals surface area contributed by atoms with E-state index in [1.54, 1.807) is 21.9 Å². The molecule has 0 amide bonds. The second-order valence-corrected chi connectivity index (χ2v) is 8.10. The van der Waals surface area contributed by atoms with E-state index in [0.717, 1.165) is 31.9 Å². The average Bonchev–Trinajstić information content (AvgIpc) is 2.71. The van der Waals surface area contributed by atoms with E-state index in [1.165, 1.54) is 17.7 Å². The number of piperazine rings is 1. The summed E-state index contributed by atoms with van der Waals surface area (Å²) in [5.41, 5.74) is 2.10. The highest BCUT2D eigenvalue weighted by atomic mass is 32.1. The van der Waals surface area contributed by atoms with Gasteiger partial charge >= 0.3 is 0 Å². The van der Waals surface area contributed by atoms with Crippen molar-refractivity contribution in [1.82, 2.24) is 5.32 Å². The van der Waals surface area contributed by atoms with Crippen molar-refractivity contribution in [3.63, 3.8) is 0 Å². The fourth-order valence-corrected chi connectivity index (χ4v) is 4.27. The number of nitrogens with one attached hydrogen (secondary N) is 4. The van der Waals surface area contributed by atoms with Crippen molar-refractivity contribution >= 4 is 28.7 Å². The van der Waals surface area contributed by atoms with Gasteiger partial charge < -0.3 is 20.4 Å². The van der Waals surface area contributed by atoms with Crippen LogP contribution in [0.5, 0.6) is 0 Å². The molecule has 1 aliphatic rings. The van der Waals surface area contributed by atoms with Crippen molar-refractivity contribution in [2.24, 2.45) is 0 Å². The zero-order valence-corrected chi connectivity index (χ0v) is 17.7. The maximum atomic E-state index is 10.8. The van der Waals surface area contributed by atoms with Gasteiger partial charge in [0.1, 0.15) is 32.2 Å². The number of hydrogen-bond donors (Lipinski definition) is 4. The first kappa shape index (κ1) is 21.2. The minimum Gasteiger partial charge on any atom is -0.354 e. The molecule has 0 radical (unpaired) electrons. The zero-order valence-electron chi connectivity index (χ0n) is 16.9. The van der Waals surface area contributed by atoms with Gasteiger partial charge in [-0.15, -0.1) is 0 Å². The lowest BCUT2D eigenvalue weighted by Gasteiger charge is -2.37. The van der Waals surface area contributed by atoms with Gasteiger partial charge in [0.15, 0.2) is 5.11 Å². The maximum Gasteiger partial charge on any atom is 0.269 e. The van der Waals surface area contributed by atoms with E-state index in [0.29, 0.717) is 11.2 Å². The quantitative estimate of drug-likeness (QED) is 0.313. The molecule has 1 aliphatic heterocycles. The van der Waals surface area contributed by atoms with Crippen LogP contribution in [0.15, 0.2) is 54.6 Å². The molecule has 2 aromatic rings. The molecule has 0 unspecified atom stereocenters. The molecule has 8 heteroatoms. The molecular formula is C21H29N5O2S+2. The molecule has 3 rings (SSSR count). The lowest BCUT2D eigenvalue weighted by Crippen LogP contribution is -3.27. The number of thiocarbonyl (C=S) groups is 1. The molecule has 2 aromatic carbocycles. The summed E-state index contributed by atoms with van der Waals surface area (Å²) in [6.07, 6.45) is 0. The van der Waals surface area contributed by atoms with Crippen molar-refractivity contribution in [1.29, 1.82) is 0 Å². The summed E-state index contributed by atoms with van der Waals surface area (Å²) >= 11 is 5.52. The molecule has 0 spiro atoms. The molecule has 0 bridgehead atoms. The van der Waals surface area contributed by atoms with Crippen LogP contribution in [0.1, 0.15) is 18.5 Å². The monoisotopic (exact) mass is 415 g/mol. The number of nitrogens with zero attached hydrogens (tertiary/aromatic N) is 1. The Kier molecular flexibility index (Phi) is 7.13. The molecule has 154 valence electrons. The summed E-state index contributed by atoms with van der Waals surface area (Å²) < 4.78 is 0. The smallest absolute Gasteiger partial charge is 0.269 e. The minimum atomic E-state index is -0.409. The normalized spacial score (nSPS) is 21.0. The highest BCUT2D eigenvalue weighted by Crippen LogP contribution is 2.17. The van der Waals surface area contributed by atoms with E-state index in [-0.39, 0.29) is 11.7 Å². The Morgan fingerprint density at radius 3 is 2.28 bits per heavy atom. The molecule has 4 N–H and O–H groups in total. The molecule has 1 heterocycles. The van der Waals surface area contributed by atoms with Gasteiger partial charge in [0.2, 0.25) is 0 Å². The molecule has 1 saturated heterocycles. The summed E-state index contributed by atoms with van der Waals surface area (Å²) in [7, 11) is 2.25. The lowest BCUT2D eigenvalue weighted by molar-refractivity contribution is -1.02. The molecule has 2 atom stereocenters. The van der Waals surface area contributed by atoms with Gasteiger partial charge in [-0.25, -0.2) is 0 Å². The van der Waals surface area contributed by atoms with Crippen molar-refractivity contribution in [2.75, 3.05) is 38.5 Å². The fourth-order valence-electron chi connectivity index (χ4n) is 3.97. The van der Waals surface area contributed by atoms with Crippen LogP contribution in [0.2, 0.25) is 0 Å². The van der Waals surface area contributed by atoms with E-state index in [1.807, 2.05) is 6.07 Å². The summed E-state index contributed by atoms with van der Waals surface area (Å²) in [5, 5.41) is 17.9. The van der Waals surface area contributed by atoms with Crippen LogP contribution in [-0.2, 0) is 0 Å². The SMILES string of the molecule is C[C@H](NC(=S)Nc1ccc([N+](=O)[O-])cc1)[C@H](c1ccccc1)[NH+]1CC[NH+](C)CC1. The van der Waals surface area contributed by atoms with Crippen molar-refractivity contribution in [2.45, 2.75) is 19.0 Å². The van der Waals surface area contributed by atoms with Crippen LogP contribution in [0.4, 0.5) is 11.4 Å². The van der Waals surface area contributed by atoms with Crippen LogP contribution in [-0.4, -0.2) is 49.3 Å². The van der Waals surface area contributed by atoms with Crippen LogP contribution in [0.3, 0.4) is 0 Å². The van der Waals surface area contributed by atoms with E-state index in [2.05, 4.69) is 48.9 Å². The number of rotatable bonds is 6. The Bertz CT molecular complexity index is 823. The second-order valence-electron chi connectivity index (χ2n) is 7.69. The first-order chi connectivity index (χ1) is 13.9. The summed E-state index contributed by atoms with van der Waals surface area (Å²) in [6, 6.07) is 17.3. The Balaban J connectivity index is 1.68.